The summed E-state index contributed by atoms with van der Waals surface area (Å²) in [7, 11) is 3.62. The predicted octanol–water partition coefficient (Wildman–Crippen LogP) is 2.47. The second kappa shape index (κ2) is 7.92. The maximum absolute atomic E-state index is 12.2. The Morgan fingerprint density at radius 3 is 2.67 bits per heavy atom. The zero-order chi connectivity index (χ0) is 15.2. The Hall–Kier alpha value is -0.900. The largest absolute Gasteiger partial charge is 0.349 e. The zero-order valence-corrected chi connectivity index (χ0v) is 13.6. The first-order valence-corrected chi connectivity index (χ1v) is 8.56. The Labute approximate surface area is 128 Å². The van der Waals surface area contributed by atoms with Crippen LogP contribution in [0.25, 0.3) is 0 Å². The monoisotopic (exact) mass is 294 g/mol. The molecule has 1 aliphatic heterocycles. The van der Waals surface area contributed by atoms with Crippen molar-refractivity contribution in [2.75, 3.05) is 27.2 Å². The van der Waals surface area contributed by atoms with Gasteiger partial charge >= 0.3 is 0 Å². The van der Waals surface area contributed by atoms with Crippen LogP contribution in [0.3, 0.4) is 0 Å². The standard InChI is InChI=1S/C17H30N2O2/c1-18(2)17(21)11-7-13-19-12-6-5-9-15(19)14-8-3-4-10-16(14)20/h14-15H,3-13H2,1-2H3. The summed E-state index contributed by atoms with van der Waals surface area (Å²) in [5.41, 5.74) is 0. The Morgan fingerprint density at radius 1 is 1.19 bits per heavy atom. The van der Waals surface area contributed by atoms with Gasteiger partial charge in [0.2, 0.25) is 5.91 Å². The lowest BCUT2D eigenvalue weighted by Gasteiger charge is -2.41. The van der Waals surface area contributed by atoms with Crippen molar-refractivity contribution in [3.05, 3.63) is 0 Å². The summed E-state index contributed by atoms with van der Waals surface area (Å²) in [5.74, 6) is 0.962. The maximum atomic E-state index is 12.2. The number of amides is 1. The van der Waals surface area contributed by atoms with Gasteiger partial charge in [-0.3, -0.25) is 14.5 Å². The highest BCUT2D eigenvalue weighted by Gasteiger charge is 2.35. The first-order valence-electron chi connectivity index (χ1n) is 8.56. The van der Waals surface area contributed by atoms with Crippen molar-refractivity contribution in [3.8, 4) is 0 Å². The number of likely N-dealkylation sites (tertiary alicyclic amines) is 1. The lowest BCUT2D eigenvalue weighted by atomic mass is 9.79. The van der Waals surface area contributed by atoms with Crippen LogP contribution in [-0.2, 0) is 9.59 Å². The van der Waals surface area contributed by atoms with Crippen LogP contribution in [0.4, 0.5) is 0 Å². The van der Waals surface area contributed by atoms with Gasteiger partial charge in [-0.15, -0.1) is 0 Å². The summed E-state index contributed by atoms with van der Waals surface area (Å²) in [6, 6.07) is 0.445. The second-order valence-corrected chi connectivity index (χ2v) is 6.81. The highest BCUT2D eigenvalue weighted by molar-refractivity contribution is 5.82. The summed E-state index contributed by atoms with van der Waals surface area (Å²) < 4.78 is 0. The minimum atomic E-state index is 0.206. The van der Waals surface area contributed by atoms with Gasteiger partial charge in [0.25, 0.3) is 0 Å². The zero-order valence-electron chi connectivity index (χ0n) is 13.6. The molecule has 2 aliphatic rings. The number of rotatable bonds is 5. The summed E-state index contributed by atoms with van der Waals surface area (Å²) in [6.07, 6.45) is 9.34. The fourth-order valence-electron chi connectivity index (χ4n) is 3.82. The van der Waals surface area contributed by atoms with E-state index in [-0.39, 0.29) is 11.8 Å². The van der Waals surface area contributed by atoms with E-state index >= 15 is 0 Å². The van der Waals surface area contributed by atoms with Crippen molar-refractivity contribution in [1.29, 1.82) is 0 Å². The van der Waals surface area contributed by atoms with Gasteiger partial charge in [-0.2, -0.15) is 0 Å². The SMILES string of the molecule is CN(C)C(=O)CCCN1CCCCC1C1CCCCC1=O. The average Bonchev–Trinajstić information content (AvgIpc) is 2.48. The van der Waals surface area contributed by atoms with E-state index in [0.717, 1.165) is 45.2 Å². The third-order valence-electron chi connectivity index (χ3n) is 5.07. The van der Waals surface area contributed by atoms with Gasteiger partial charge in [0, 0.05) is 38.9 Å². The summed E-state index contributed by atoms with van der Waals surface area (Å²) in [6.45, 7) is 2.07. The van der Waals surface area contributed by atoms with Gasteiger partial charge in [0.1, 0.15) is 5.78 Å². The number of carbonyl (C=O) groups excluding carboxylic acids is 2. The van der Waals surface area contributed by atoms with Crippen LogP contribution in [0.1, 0.15) is 57.8 Å². The third-order valence-corrected chi connectivity index (χ3v) is 5.07. The Kier molecular flexibility index (Phi) is 6.22. The van der Waals surface area contributed by atoms with Gasteiger partial charge in [-0.25, -0.2) is 0 Å². The predicted molar refractivity (Wildman–Crippen MR) is 84.1 cm³/mol. The summed E-state index contributed by atoms with van der Waals surface area (Å²) >= 11 is 0. The van der Waals surface area contributed by atoms with E-state index in [4.69, 9.17) is 0 Å². The van der Waals surface area contributed by atoms with Gasteiger partial charge in [0.05, 0.1) is 0 Å². The molecule has 0 N–H and O–H groups in total. The third kappa shape index (κ3) is 4.53. The molecule has 1 heterocycles. The molecule has 0 bridgehead atoms. The molecule has 120 valence electrons. The van der Waals surface area contributed by atoms with Crippen molar-refractivity contribution >= 4 is 11.7 Å². The van der Waals surface area contributed by atoms with Crippen molar-refractivity contribution in [1.82, 2.24) is 9.80 Å². The quantitative estimate of drug-likeness (QED) is 0.782. The van der Waals surface area contributed by atoms with Gasteiger partial charge in [-0.05, 0) is 45.2 Å². The minimum Gasteiger partial charge on any atom is -0.349 e. The maximum Gasteiger partial charge on any atom is 0.222 e. The van der Waals surface area contributed by atoms with E-state index in [9.17, 15) is 9.59 Å². The minimum absolute atomic E-state index is 0.206. The molecule has 2 atom stereocenters. The van der Waals surface area contributed by atoms with Crippen molar-refractivity contribution in [2.24, 2.45) is 5.92 Å². The van der Waals surface area contributed by atoms with Crippen LogP contribution in [0.2, 0.25) is 0 Å². The molecule has 1 aliphatic carbocycles. The molecule has 0 radical (unpaired) electrons. The van der Waals surface area contributed by atoms with E-state index in [0.29, 0.717) is 18.2 Å². The van der Waals surface area contributed by atoms with Crippen LogP contribution in [0.15, 0.2) is 0 Å². The molecule has 0 aromatic carbocycles. The van der Waals surface area contributed by atoms with Crippen LogP contribution < -0.4 is 0 Å². The smallest absolute Gasteiger partial charge is 0.222 e. The molecule has 4 heteroatoms. The number of ketones is 1. The molecule has 0 spiro atoms. The topological polar surface area (TPSA) is 40.6 Å². The van der Waals surface area contributed by atoms with Gasteiger partial charge in [-0.1, -0.05) is 12.8 Å². The van der Waals surface area contributed by atoms with E-state index in [2.05, 4.69) is 4.90 Å². The number of piperidine rings is 1. The van der Waals surface area contributed by atoms with Crippen molar-refractivity contribution in [3.63, 3.8) is 0 Å². The van der Waals surface area contributed by atoms with Crippen LogP contribution in [0, 0.1) is 5.92 Å². The molecule has 0 aromatic rings. The normalized spacial score (nSPS) is 27.6. The fourth-order valence-corrected chi connectivity index (χ4v) is 3.82. The van der Waals surface area contributed by atoms with Crippen LogP contribution in [-0.4, -0.2) is 54.7 Å². The number of nitrogens with zero attached hydrogens (tertiary/aromatic N) is 2. The molecular weight excluding hydrogens is 264 g/mol. The average molecular weight is 294 g/mol. The number of carbonyl (C=O) groups is 2. The molecule has 2 unspecified atom stereocenters. The van der Waals surface area contributed by atoms with Crippen LogP contribution >= 0.6 is 0 Å². The van der Waals surface area contributed by atoms with Gasteiger partial charge in [0.15, 0.2) is 0 Å². The Balaban J connectivity index is 1.86. The Morgan fingerprint density at radius 2 is 1.95 bits per heavy atom. The fraction of sp³-hybridized carbons (Fsp3) is 0.882. The number of hydrogen-bond donors (Lipinski definition) is 0. The number of hydrogen-bond acceptors (Lipinski definition) is 3. The molecule has 2 fully saturated rings. The molecule has 1 saturated heterocycles. The lowest BCUT2D eigenvalue weighted by Crippen LogP contribution is -2.47. The highest BCUT2D eigenvalue weighted by atomic mass is 16.2. The lowest BCUT2D eigenvalue weighted by molar-refractivity contribution is -0.130. The van der Waals surface area contributed by atoms with E-state index in [1.54, 1.807) is 4.90 Å². The van der Waals surface area contributed by atoms with Crippen molar-refractivity contribution in [2.45, 2.75) is 63.8 Å². The molecular formula is C17H30N2O2. The first kappa shape index (κ1) is 16.5. The summed E-state index contributed by atoms with van der Waals surface area (Å²) in [5, 5.41) is 0. The Bertz CT molecular complexity index is 368. The van der Waals surface area contributed by atoms with E-state index in [1.165, 1.54) is 19.3 Å². The van der Waals surface area contributed by atoms with Crippen molar-refractivity contribution < 1.29 is 9.59 Å². The first-order chi connectivity index (χ1) is 10.1. The van der Waals surface area contributed by atoms with E-state index in [1.807, 2.05) is 14.1 Å². The van der Waals surface area contributed by atoms with E-state index < -0.39 is 0 Å². The molecule has 1 amide bonds. The van der Waals surface area contributed by atoms with Gasteiger partial charge < -0.3 is 4.90 Å². The van der Waals surface area contributed by atoms with Crippen LogP contribution in [0.5, 0.6) is 0 Å². The highest BCUT2D eigenvalue weighted by Crippen LogP contribution is 2.31. The molecule has 4 nitrogen and oxygen atoms in total. The molecule has 1 saturated carbocycles. The molecule has 21 heavy (non-hydrogen) atoms. The second-order valence-electron chi connectivity index (χ2n) is 6.81. The number of Topliss-reactive ketones (excluding diaryl/α,β-unsaturated/α-hetero) is 1. The molecule has 2 rings (SSSR count). The molecule has 0 aromatic heterocycles. The summed E-state index contributed by atoms with van der Waals surface area (Å²) in [4.78, 5) is 28.1.